The zero-order valence-corrected chi connectivity index (χ0v) is 18.8. The Kier molecular flexibility index (Phi) is 6.71. The van der Waals surface area contributed by atoms with Gasteiger partial charge in [0.05, 0.1) is 24.6 Å². The summed E-state index contributed by atoms with van der Waals surface area (Å²) in [4.78, 5) is 12.9. The summed E-state index contributed by atoms with van der Waals surface area (Å²) in [6, 6.07) is 11.9. The second kappa shape index (κ2) is 9.08. The molecule has 0 radical (unpaired) electrons. The number of ether oxygens (including phenoxy) is 1. The molecule has 162 valence electrons. The Hall–Kier alpha value is -2.54. The molecule has 0 saturated carbocycles. The molecular formula is C23H30N2O4S. The van der Waals surface area contributed by atoms with E-state index in [1.807, 2.05) is 19.9 Å². The number of sulfonamides is 1. The van der Waals surface area contributed by atoms with Crippen LogP contribution in [0.3, 0.4) is 0 Å². The molecule has 7 heteroatoms. The van der Waals surface area contributed by atoms with Gasteiger partial charge >= 0.3 is 0 Å². The summed E-state index contributed by atoms with van der Waals surface area (Å²) in [7, 11) is -3.66. The van der Waals surface area contributed by atoms with Crippen LogP contribution in [0.25, 0.3) is 0 Å². The zero-order valence-electron chi connectivity index (χ0n) is 18.0. The number of rotatable bonds is 8. The molecule has 0 saturated heterocycles. The van der Waals surface area contributed by atoms with E-state index in [1.165, 1.54) is 17.5 Å². The largest absolute Gasteiger partial charge is 0.494 e. The van der Waals surface area contributed by atoms with Crippen LogP contribution in [0.2, 0.25) is 0 Å². The van der Waals surface area contributed by atoms with Gasteiger partial charge in [0.25, 0.3) is 0 Å². The van der Waals surface area contributed by atoms with Gasteiger partial charge in [-0.1, -0.05) is 18.2 Å². The molecule has 30 heavy (non-hydrogen) atoms. The minimum atomic E-state index is -3.66. The number of nitrogens with one attached hydrogen (secondary N) is 1. The zero-order chi connectivity index (χ0) is 21.9. The minimum Gasteiger partial charge on any atom is -0.494 e. The van der Waals surface area contributed by atoms with Gasteiger partial charge in [-0.15, -0.1) is 0 Å². The highest BCUT2D eigenvalue weighted by atomic mass is 32.2. The molecule has 6 nitrogen and oxygen atoms in total. The summed E-state index contributed by atoms with van der Waals surface area (Å²) in [5, 5.41) is 2.97. The Bertz CT molecular complexity index is 1000. The molecule has 2 aromatic carbocycles. The number of anilines is 1. The molecule has 1 N–H and O–H groups in total. The maximum Gasteiger partial charge on any atom is 0.244 e. The quantitative estimate of drug-likeness (QED) is 0.694. The molecule has 0 bridgehead atoms. The Labute approximate surface area is 179 Å². The van der Waals surface area contributed by atoms with Crippen LogP contribution >= 0.6 is 0 Å². The van der Waals surface area contributed by atoms with Crippen LogP contribution in [0, 0.1) is 0 Å². The Morgan fingerprint density at radius 2 is 1.77 bits per heavy atom. The number of nitrogens with zero attached hydrogens (tertiary/aromatic N) is 1. The number of hydrogen-bond acceptors (Lipinski definition) is 4. The highest BCUT2D eigenvalue weighted by Crippen LogP contribution is 2.27. The van der Waals surface area contributed by atoms with Crippen LogP contribution in [0.1, 0.15) is 49.9 Å². The number of carbonyl (C=O) groups excluding carboxylic acids is 1. The van der Waals surface area contributed by atoms with Gasteiger partial charge in [-0.3, -0.25) is 9.10 Å². The van der Waals surface area contributed by atoms with E-state index in [2.05, 4.69) is 17.4 Å². The van der Waals surface area contributed by atoms with Crippen molar-refractivity contribution in [1.82, 2.24) is 5.32 Å². The molecule has 0 fully saturated rings. The third kappa shape index (κ3) is 4.95. The molecule has 2 aromatic rings. The van der Waals surface area contributed by atoms with Crippen LogP contribution in [0.4, 0.5) is 5.69 Å². The topological polar surface area (TPSA) is 75.7 Å². The summed E-state index contributed by atoms with van der Waals surface area (Å²) in [6.07, 6.45) is 4.46. The fourth-order valence-electron chi connectivity index (χ4n) is 3.94. The average molecular weight is 431 g/mol. The van der Waals surface area contributed by atoms with E-state index >= 15 is 0 Å². The highest BCUT2D eigenvalue weighted by molar-refractivity contribution is 7.92. The normalized spacial score (nSPS) is 15.2. The van der Waals surface area contributed by atoms with Crippen molar-refractivity contribution in [3.8, 4) is 5.75 Å². The molecule has 0 aromatic heterocycles. The van der Waals surface area contributed by atoms with Gasteiger partial charge in [0.2, 0.25) is 15.9 Å². The second-order valence-electron chi connectivity index (χ2n) is 7.77. The average Bonchev–Trinajstić information content (AvgIpc) is 3.16. The Morgan fingerprint density at radius 1 is 1.10 bits per heavy atom. The number of carbonyl (C=O) groups is 1. The standard InChI is InChI=1S/C23H30N2O4S/c1-5-29-22-13-11-21(12-14-22)25(30(4,27)28)17(3)23(26)24-16(2)19-10-9-18-7-6-8-20(18)15-19/h9-17H,5-8H2,1-4H3,(H,24,26)/t16-,17-/m1/s1. The van der Waals surface area contributed by atoms with Crippen LogP contribution < -0.4 is 14.4 Å². The molecule has 1 amide bonds. The summed E-state index contributed by atoms with van der Waals surface area (Å²) in [5.74, 6) is 0.305. The lowest BCUT2D eigenvalue weighted by atomic mass is 10.0. The monoisotopic (exact) mass is 430 g/mol. The summed E-state index contributed by atoms with van der Waals surface area (Å²) in [6.45, 7) is 5.92. The van der Waals surface area contributed by atoms with Crippen molar-refractivity contribution in [2.24, 2.45) is 0 Å². The van der Waals surface area contributed by atoms with Gasteiger partial charge in [-0.25, -0.2) is 8.42 Å². The van der Waals surface area contributed by atoms with Gasteiger partial charge < -0.3 is 10.1 Å². The first-order valence-corrected chi connectivity index (χ1v) is 12.2. The number of aryl methyl sites for hydroxylation is 2. The lowest BCUT2D eigenvalue weighted by Gasteiger charge is -2.29. The van der Waals surface area contributed by atoms with Crippen LogP contribution in [-0.2, 0) is 27.7 Å². The van der Waals surface area contributed by atoms with E-state index in [4.69, 9.17) is 4.74 Å². The van der Waals surface area contributed by atoms with E-state index < -0.39 is 16.1 Å². The van der Waals surface area contributed by atoms with Gasteiger partial charge in [0, 0.05) is 0 Å². The molecular weight excluding hydrogens is 400 g/mol. The Morgan fingerprint density at radius 3 is 2.40 bits per heavy atom. The Balaban J connectivity index is 1.77. The van der Waals surface area contributed by atoms with Crippen LogP contribution in [0.5, 0.6) is 5.75 Å². The van der Waals surface area contributed by atoms with E-state index in [9.17, 15) is 13.2 Å². The highest BCUT2D eigenvalue weighted by Gasteiger charge is 2.30. The second-order valence-corrected chi connectivity index (χ2v) is 9.63. The molecule has 0 unspecified atom stereocenters. The molecule has 3 rings (SSSR count). The number of fused-ring (bicyclic) bond motifs is 1. The first-order valence-electron chi connectivity index (χ1n) is 10.3. The molecule has 0 aliphatic heterocycles. The van der Waals surface area contributed by atoms with Crippen molar-refractivity contribution in [2.75, 3.05) is 17.2 Å². The third-order valence-corrected chi connectivity index (χ3v) is 6.71. The minimum absolute atomic E-state index is 0.215. The van der Waals surface area contributed by atoms with Gasteiger partial charge in [0.15, 0.2) is 0 Å². The van der Waals surface area contributed by atoms with Crippen molar-refractivity contribution in [2.45, 2.75) is 52.1 Å². The lowest BCUT2D eigenvalue weighted by molar-refractivity contribution is -0.122. The fourth-order valence-corrected chi connectivity index (χ4v) is 5.12. The number of amides is 1. The predicted molar refractivity (Wildman–Crippen MR) is 119 cm³/mol. The van der Waals surface area contributed by atoms with E-state index in [-0.39, 0.29) is 11.9 Å². The van der Waals surface area contributed by atoms with Crippen molar-refractivity contribution in [3.05, 3.63) is 59.2 Å². The molecule has 2 atom stereocenters. The lowest BCUT2D eigenvalue weighted by Crippen LogP contribution is -2.48. The molecule has 1 aliphatic carbocycles. The SMILES string of the molecule is CCOc1ccc(N([C@H](C)C(=O)N[C@H](C)c2ccc3c(c2)CCC3)S(C)(=O)=O)cc1. The summed E-state index contributed by atoms with van der Waals surface area (Å²) in [5.41, 5.74) is 4.18. The van der Waals surface area contributed by atoms with Gasteiger partial charge in [-0.05, 0) is 81.0 Å². The van der Waals surface area contributed by atoms with E-state index in [1.54, 1.807) is 31.2 Å². The van der Waals surface area contributed by atoms with Crippen molar-refractivity contribution in [3.63, 3.8) is 0 Å². The molecule has 0 spiro atoms. The van der Waals surface area contributed by atoms with E-state index in [0.717, 1.165) is 29.0 Å². The first-order chi connectivity index (χ1) is 14.2. The molecule has 1 aliphatic rings. The molecule has 0 heterocycles. The predicted octanol–water partition coefficient (Wildman–Crippen LogP) is 3.61. The van der Waals surface area contributed by atoms with Gasteiger partial charge in [0.1, 0.15) is 11.8 Å². The summed E-state index contributed by atoms with van der Waals surface area (Å²) >= 11 is 0. The summed E-state index contributed by atoms with van der Waals surface area (Å²) < 4.78 is 31.5. The van der Waals surface area contributed by atoms with Crippen molar-refractivity contribution < 1.29 is 17.9 Å². The fraction of sp³-hybridized carbons (Fsp3) is 0.435. The maximum absolute atomic E-state index is 12.9. The number of hydrogen-bond donors (Lipinski definition) is 1. The number of benzene rings is 2. The van der Waals surface area contributed by atoms with Crippen LogP contribution in [0.15, 0.2) is 42.5 Å². The van der Waals surface area contributed by atoms with Gasteiger partial charge in [-0.2, -0.15) is 0 Å². The van der Waals surface area contributed by atoms with Crippen molar-refractivity contribution in [1.29, 1.82) is 0 Å². The van der Waals surface area contributed by atoms with Crippen LogP contribution in [-0.4, -0.2) is 33.2 Å². The first kappa shape index (κ1) is 22.2. The van der Waals surface area contributed by atoms with Crippen molar-refractivity contribution >= 4 is 21.6 Å². The van der Waals surface area contributed by atoms with E-state index in [0.29, 0.717) is 18.0 Å². The third-order valence-electron chi connectivity index (χ3n) is 5.47. The maximum atomic E-state index is 12.9. The smallest absolute Gasteiger partial charge is 0.244 e.